The van der Waals surface area contributed by atoms with Crippen molar-refractivity contribution in [2.75, 3.05) is 18.2 Å². The van der Waals surface area contributed by atoms with Crippen LogP contribution in [0.15, 0.2) is 48.5 Å². The van der Waals surface area contributed by atoms with Gasteiger partial charge >= 0.3 is 5.97 Å². The Bertz CT molecular complexity index is 892. The quantitative estimate of drug-likeness (QED) is 0.624. The van der Waals surface area contributed by atoms with Crippen LogP contribution < -0.4 is 15.8 Å². The fourth-order valence-electron chi connectivity index (χ4n) is 2.39. The predicted octanol–water partition coefficient (Wildman–Crippen LogP) is 3.14. The summed E-state index contributed by atoms with van der Waals surface area (Å²) >= 11 is 0. The van der Waals surface area contributed by atoms with Gasteiger partial charge < -0.3 is 20.9 Å². The molecule has 4 N–H and O–H groups in total. The van der Waals surface area contributed by atoms with Gasteiger partial charge in [-0.05, 0) is 35.9 Å². The minimum absolute atomic E-state index is 0.128. The van der Waals surface area contributed by atoms with Crippen molar-refractivity contribution in [1.29, 1.82) is 0 Å². The highest BCUT2D eigenvalue weighted by Crippen LogP contribution is 2.24. The second-order valence-electron chi connectivity index (χ2n) is 5.34. The van der Waals surface area contributed by atoms with E-state index in [0.717, 1.165) is 10.9 Å². The highest BCUT2D eigenvalue weighted by atomic mass is 16.5. The second kappa shape index (κ2) is 6.45. The van der Waals surface area contributed by atoms with Crippen molar-refractivity contribution in [2.24, 2.45) is 0 Å². The summed E-state index contributed by atoms with van der Waals surface area (Å²) in [7, 11) is 1.58. The van der Waals surface area contributed by atoms with Crippen LogP contribution in [0.25, 0.3) is 10.9 Å². The first-order chi connectivity index (χ1) is 11.6. The van der Waals surface area contributed by atoms with Gasteiger partial charge in [0, 0.05) is 23.7 Å². The minimum atomic E-state index is -1.03. The van der Waals surface area contributed by atoms with Crippen LogP contribution in [0.1, 0.15) is 15.9 Å². The Morgan fingerprint density at radius 2 is 1.96 bits per heavy atom. The highest BCUT2D eigenvalue weighted by molar-refractivity contribution is 5.98. The molecule has 24 heavy (non-hydrogen) atoms. The van der Waals surface area contributed by atoms with Crippen molar-refractivity contribution in [3.8, 4) is 5.75 Å². The fourth-order valence-corrected chi connectivity index (χ4v) is 2.39. The second-order valence-corrected chi connectivity index (χ2v) is 5.34. The maximum atomic E-state index is 11.5. The average molecular weight is 323 g/mol. The lowest BCUT2D eigenvalue weighted by Crippen LogP contribution is -2.08. The zero-order valence-corrected chi connectivity index (χ0v) is 13.1. The molecule has 0 aliphatic heterocycles. The number of hydrogen-bond acceptors (Lipinski definition) is 5. The van der Waals surface area contributed by atoms with Gasteiger partial charge in [0.1, 0.15) is 17.1 Å². The van der Waals surface area contributed by atoms with Gasteiger partial charge in [-0.1, -0.05) is 12.1 Å². The molecule has 0 amide bonds. The largest absolute Gasteiger partial charge is 0.497 e. The van der Waals surface area contributed by atoms with Gasteiger partial charge in [0.2, 0.25) is 0 Å². The fraction of sp³-hybridized carbons (Fsp3) is 0.111. The summed E-state index contributed by atoms with van der Waals surface area (Å²) in [6.07, 6.45) is 0. The number of aromatic carboxylic acids is 1. The number of nitrogens with one attached hydrogen (secondary N) is 1. The molecule has 0 saturated heterocycles. The molecule has 0 aliphatic rings. The van der Waals surface area contributed by atoms with E-state index in [4.69, 9.17) is 10.5 Å². The summed E-state index contributed by atoms with van der Waals surface area (Å²) in [5, 5.41) is 13.3. The first-order valence-electron chi connectivity index (χ1n) is 7.37. The van der Waals surface area contributed by atoms with E-state index in [1.54, 1.807) is 43.5 Å². The first-order valence-corrected chi connectivity index (χ1v) is 7.37. The Labute approximate surface area is 138 Å². The maximum Gasteiger partial charge on any atom is 0.339 e. The van der Waals surface area contributed by atoms with Gasteiger partial charge in [0.25, 0.3) is 0 Å². The van der Waals surface area contributed by atoms with E-state index in [2.05, 4.69) is 10.3 Å². The predicted molar refractivity (Wildman–Crippen MR) is 93.4 cm³/mol. The number of hydrogen-bond donors (Lipinski definition) is 3. The van der Waals surface area contributed by atoms with E-state index >= 15 is 0 Å². The van der Waals surface area contributed by atoms with Crippen LogP contribution in [0.5, 0.6) is 5.75 Å². The normalized spacial score (nSPS) is 10.5. The maximum absolute atomic E-state index is 11.5. The minimum Gasteiger partial charge on any atom is -0.497 e. The van der Waals surface area contributed by atoms with E-state index in [9.17, 15) is 9.90 Å². The number of carboxylic acid groups (broad SMARTS) is 1. The van der Waals surface area contributed by atoms with Crippen molar-refractivity contribution in [2.45, 2.75) is 6.54 Å². The van der Waals surface area contributed by atoms with Crippen LogP contribution in [-0.4, -0.2) is 23.2 Å². The number of nitrogen functional groups attached to an aromatic ring is 1. The lowest BCUT2D eigenvalue weighted by molar-refractivity contribution is 0.0697. The van der Waals surface area contributed by atoms with Crippen LogP contribution in [0.2, 0.25) is 0 Å². The zero-order chi connectivity index (χ0) is 17.1. The Morgan fingerprint density at radius 3 is 2.62 bits per heavy atom. The van der Waals surface area contributed by atoms with Gasteiger partial charge in [-0.2, -0.15) is 0 Å². The van der Waals surface area contributed by atoms with Crippen molar-refractivity contribution in [1.82, 2.24) is 4.98 Å². The van der Waals surface area contributed by atoms with Crippen LogP contribution in [-0.2, 0) is 6.54 Å². The Balaban J connectivity index is 1.95. The van der Waals surface area contributed by atoms with Gasteiger partial charge in [-0.15, -0.1) is 0 Å². The summed E-state index contributed by atoms with van der Waals surface area (Å²) in [6, 6.07) is 14.3. The van der Waals surface area contributed by atoms with Gasteiger partial charge in [-0.25, -0.2) is 9.78 Å². The molecule has 0 atom stereocenters. The number of carboxylic acids is 1. The first kappa shape index (κ1) is 15.6. The molecule has 6 heteroatoms. The number of rotatable bonds is 5. The van der Waals surface area contributed by atoms with Crippen molar-refractivity contribution in [3.05, 3.63) is 59.7 Å². The Hall–Kier alpha value is -3.28. The van der Waals surface area contributed by atoms with E-state index in [-0.39, 0.29) is 5.56 Å². The molecule has 3 aromatic rings. The molecule has 3 rings (SSSR count). The monoisotopic (exact) mass is 323 g/mol. The van der Waals surface area contributed by atoms with Crippen molar-refractivity contribution < 1.29 is 14.6 Å². The highest BCUT2D eigenvalue weighted by Gasteiger charge is 2.13. The van der Waals surface area contributed by atoms with Gasteiger partial charge in [-0.3, -0.25) is 0 Å². The van der Waals surface area contributed by atoms with Crippen molar-refractivity contribution >= 4 is 28.4 Å². The van der Waals surface area contributed by atoms with Crippen LogP contribution in [0.4, 0.5) is 11.5 Å². The molecule has 122 valence electrons. The summed E-state index contributed by atoms with van der Waals surface area (Å²) < 4.78 is 5.19. The summed E-state index contributed by atoms with van der Waals surface area (Å²) in [4.78, 5) is 16.0. The molecular weight excluding hydrogens is 306 g/mol. The van der Waals surface area contributed by atoms with Crippen LogP contribution in [0, 0.1) is 0 Å². The standard InChI is InChI=1S/C18H17N3O3/c1-24-14-7-4-12-8-15(18(22)23)17(21-16(12)9-14)20-10-11-2-5-13(19)6-3-11/h2-9H,10,19H2,1H3,(H,20,21)(H,22,23). The number of nitrogens with two attached hydrogens (primary N) is 1. The number of benzene rings is 2. The lowest BCUT2D eigenvalue weighted by Gasteiger charge is -2.11. The number of methoxy groups -OCH3 is 1. The molecule has 0 radical (unpaired) electrons. The third-order valence-electron chi connectivity index (χ3n) is 3.69. The van der Waals surface area contributed by atoms with Crippen molar-refractivity contribution in [3.63, 3.8) is 0 Å². The molecule has 1 heterocycles. The smallest absolute Gasteiger partial charge is 0.339 e. The molecule has 0 unspecified atom stereocenters. The molecule has 1 aromatic heterocycles. The third kappa shape index (κ3) is 3.22. The third-order valence-corrected chi connectivity index (χ3v) is 3.69. The van der Waals surface area contributed by atoms with E-state index in [1.165, 1.54) is 0 Å². The van der Waals surface area contributed by atoms with E-state index in [0.29, 0.717) is 29.3 Å². The van der Waals surface area contributed by atoms with Crippen LogP contribution in [0.3, 0.4) is 0 Å². The molecule has 0 spiro atoms. The molecular formula is C18H17N3O3. The van der Waals surface area contributed by atoms with Crippen LogP contribution >= 0.6 is 0 Å². The molecule has 0 fully saturated rings. The number of nitrogens with zero attached hydrogens (tertiary/aromatic N) is 1. The Kier molecular flexibility index (Phi) is 4.20. The summed E-state index contributed by atoms with van der Waals surface area (Å²) in [5.41, 5.74) is 8.12. The number of ether oxygens (including phenoxy) is 1. The van der Waals surface area contributed by atoms with Gasteiger partial charge in [0.15, 0.2) is 0 Å². The number of aromatic nitrogens is 1. The number of fused-ring (bicyclic) bond motifs is 1. The lowest BCUT2D eigenvalue weighted by atomic mass is 10.1. The molecule has 2 aromatic carbocycles. The molecule has 0 aliphatic carbocycles. The number of anilines is 2. The van der Waals surface area contributed by atoms with Gasteiger partial charge in [0.05, 0.1) is 12.6 Å². The zero-order valence-electron chi connectivity index (χ0n) is 13.1. The SMILES string of the molecule is COc1ccc2cc(C(=O)O)c(NCc3ccc(N)cc3)nc2c1. The number of carbonyl (C=O) groups is 1. The van der Waals surface area contributed by atoms with E-state index in [1.807, 2.05) is 12.1 Å². The van der Waals surface area contributed by atoms with E-state index < -0.39 is 5.97 Å². The Morgan fingerprint density at radius 1 is 1.21 bits per heavy atom. The number of pyridine rings is 1. The average Bonchev–Trinajstić information content (AvgIpc) is 2.59. The topological polar surface area (TPSA) is 97.5 Å². The summed E-state index contributed by atoms with van der Waals surface area (Å²) in [5.74, 6) is -0.0392. The summed E-state index contributed by atoms with van der Waals surface area (Å²) in [6.45, 7) is 0.447. The molecule has 0 saturated carbocycles. The molecule has 6 nitrogen and oxygen atoms in total. The molecule has 0 bridgehead atoms.